The molecule has 0 bridgehead atoms. The van der Waals surface area contributed by atoms with Gasteiger partial charge in [0, 0.05) is 17.6 Å². The maximum Gasteiger partial charge on any atom is 0.244 e. The molecule has 0 fully saturated rings. The van der Waals surface area contributed by atoms with Crippen molar-refractivity contribution in [2.45, 2.75) is 46.2 Å². The summed E-state index contributed by atoms with van der Waals surface area (Å²) in [5.74, 6) is -0.431. The fourth-order valence-corrected chi connectivity index (χ4v) is 4.79. The van der Waals surface area contributed by atoms with Crippen LogP contribution >= 0.6 is 15.9 Å². The molecule has 192 valence electrons. The maximum absolute atomic E-state index is 13.6. The molecule has 2 rings (SSSR count). The maximum atomic E-state index is 13.6. The number of nitrogens with one attached hydrogen (secondary N) is 1. The first kappa shape index (κ1) is 28.6. The van der Waals surface area contributed by atoms with Crippen molar-refractivity contribution in [2.75, 3.05) is 30.3 Å². The quantitative estimate of drug-likeness (QED) is 0.370. The summed E-state index contributed by atoms with van der Waals surface area (Å²) in [5.41, 5.74) is 1.08. The number of nitrogens with zero attached hydrogens (tertiary/aromatic N) is 2. The lowest BCUT2D eigenvalue weighted by molar-refractivity contribution is -0.139. The zero-order valence-corrected chi connectivity index (χ0v) is 23.1. The lowest BCUT2D eigenvalue weighted by Crippen LogP contribution is -2.51. The molecule has 0 aliphatic heterocycles. The monoisotopic (exact) mass is 567 g/mol. The lowest BCUT2D eigenvalue weighted by Gasteiger charge is -2.32. The smallest absolute Gasteiger partial charge is 0.244 e. The number of unbranched alkanes of at least 4 members (excludes halogenated alkanes) is 1. The fraction of sp³-hybridized carbons (Fsp3) is 0.440. The second-order valence-corrected chi connectivity index (χ2v) is 11.0. The van der Waals surface area contributed by atoms with Crippen molar-refractivity contribution in [3.8, 4) is 5.75 Å². The summed E-state index contributed by atoms with van der Waals surface area (Å²) in [5, 5.41) is 2.86. The highest BCUT2D eigenvalue weighted by atomic mass is 79.9. The van der Waals surface area contributed by atoms with Crippen molar-refractivity contribution in [1.82, 2.24) is 10.2 Å². The standard InChI is InChI=1S/C25H34BrN3O5S/c1-5-7-15-27-25(31)19(3)28(17-20-11-10-12-21(26)16-20)24(30)18-29(35(4,32)33)22-13-8-9-14-23(22)34-6-2/h8-14,16,19H,5-7,15,17-18H2,1-4H3,(H,27,31). The second-order valence-electron chi connectivity index (χ2n) is 8.14. The van der Waals surface area contributed by atoms with Crippen LogP contribution in [0.4, 0.5) is 5.69 Å². The van der Waals surface area contributed by atoms with Gasteiger partial charge in [0.1, 0.15) is 18.3 Å². The van der Waals surface area contributed by atoms with E-state index in [-0.39, 0.29) is 18.1 Å². The summed E-state index contributed by atoms with van der Waals surface area (Å²) in [4.78, 5) is 27.8. The van der Waals surface area contributed by atoms with Crippen LogP contribution in [0.1, 0.15) is 39.2 Å². The number of halogens is 1. The Morgan fingerprint density at radius 1 is 1.11 bits per heavy atom. The van der Waals surface area contributed by atoms with Crippen molar-refractivity contribution in [2.24, 2.45) is 0 Å². The van der Waals surface area contributed by atoms with Gasteiger partial charge in [-0.05, 0) is 50.1 Å². The molecule has 1 N–H and O–H groups in total. The van der Waals surface area contributed by atoms with Crippen LogP contribution in [0.5, 0.6) is 5.75 Å². The Bertz CT molecular complexity index is 1110. The number of amides is 2. The molecule has 0 spiro atoms. The van der Waals surface area contributed by atoms with Crippen LogP contribution in [0, 0.1) is 0 Å². The van der Waals surface area contributed by atoms with E-state index < -0.39 is 28.5 Å². The van der Waals surface area contributed by atoms with Crippen LogP contribution in [0.2, 0.25) is 0 Å². The van der Waals surface area contributed by atoms with E-state index in [1.54, 1.807) is 38.1 Å². The number of ether oxygens (including phenoxy) is 1. The van der Waals surface area contributed by atoms with Gasteiger partial charge in [-0.3, -0.25) is 13.9 Å². The molecule has 0 aromatic heterocycles. The zero-order chi connectivity index (χ0) is 26.0. The minimum absolute atomic E-state index is 0.144. The molecular formula is C25H34BrN3O5S. The minimum Gasteiger partial charge on any atom is -0.492 e. The average Bonchev–Trinajstić information content (AvgIpc) is 2.80. The minimum atomic E-state index is -3.83. The van der Waals surface area contributed by atoms with Crippen molar-refractivity contribution in [3.63, 3.8) is 0 Å². The van der Waals surface area contributed by atoms with Crippen molar-refractivity contribution in [1.29, 1.82) is 0 Å². The van der Waals surface area contributed by atoms with Crippen LogP contribution in [-0.4, -0.2) is 57.1 Å². The first-order valence-electron chi connectivity index (χ1n) is 11.6. The number of sulfonamides is 1. The van der Waals surface area contributed by atoms with Gasteiger partial charge in [0.2, 0.25) is 21.8 Å². The largest absolute Gasteiger partial charge is 0.492 e. The predicted molar refractivity (Wildman–Crippen MR) is 142 cm³/mol. The molecule has 0 aliphatic carbocycles. The molecule has 10 heteroatoms. The molecule has 2 aromatic rings. The van der Waals surface area contributed by atoms with Crippen LogP contribution in [0.3, 0.4) is 0 Å². The van der Waals surface area contributed by atoms with E-state index in [9.17, 15) is 18.0 Å². The Morgan fingerprint density at radius 2 is 1.83 bits per heavy atom. The van der Waals surface area contributed by atoms with Gasteiger partial charge in [0.05, 0.1) is 18.6 Å². The molecule has 0 aliphatic rings. The molecule has 1 atom stereocenters. The average molecular weight is 569 g/mol. The molecule has 1 unspecified atom stereocenters. The van der Waals surface area contributed by atoms with Crippen LogP contribution < -0.4 is 14.4 Å². The summed E-state index contributed by atoms with van der Waals surface area (Å²) in [6, 6.07) is 13.3. The topological polar surface area (TPSA) is 96.0 Å². The summed E-state index contributed by atoms with van der Waals surface area (Å²) in [6.45, 7) is 6.00. The third-order valence-electron chi connectivity index (χ3n) is 5.35. The number of benzene rings is 2. The van der Waals surface area contributed by atoms with E-state index in [4.69, 9.17) is 4.74 Å². The third kappa shape index (κ3) is 8.54. The molecule has 0 heterocycles. The molecular weight excluding hydrogens is 534 g/mol. The van der Waals surface area contributed by atoms with E-state index in [2.05, 4.69) is 21.2 Å². The Hall–Kier alpha value is -2.59. The summed E-state index contributed by atoms with van der Waals surface area (Å²) in [7, 11) is -3.83. The molecule has 0 radical (unpaired) electrons. The Kier molecular flexibility index (Phi) is 11.0. The van der Waals surface area contributed by atoms with Crippen molar-refractivity contribution in [3.05, 3.63) is 58.6 Å². The van der Waals surface area contributed by atoms with E-state index in [1.165, 1.54) is 4.90 Å². The van der Waals surface area contributed by atoms with Gasteiger partial charge in [0.25, 0.3) is 0 Å². The molecule has 2 amide bonds. The van der Waals surface area contributed by atoms with Crippen LogP contribution in [0.25, 0.3) is 0 Å². The molecule has 8 nitrogen and oxygen atoms in total. The number of para-hydroxylation sites is 2. The van der Waals surface area contributed by atoms with E-state index >= 15 is 0 Å². The van der Waals surface area contributed by atoms with Gasteiger partial charge in [-0.15, -0.1) is 0 Å². The highest BCUT2D eigenvalue weighted by Crippen LogP contribution is 2.30. The summed E-state index contributed by atoms with van der Waals surface area (Å²) < 4.78 is 33.0. The number of anilines is 1. The fourth-order valence-electron chi connectivity index (χ4n) is 3.49. The van der Waals surface area contributed by atoms with E-state index in [0.717, 1.165) is 33.4 Å². The Balaban J connectivity index is 2.39. The van der Waals surface area contributed by atoms with E-state index in [0.29, 0.717) is 18.9 Å². The normalized spacial score (nSPS) is 12.0. The van der Waals surface area contributed by atoms with Gasteiger partial charge < -0.3 is 15.0 Å². The third-order valence-corrected chi connectivity index (χ3v) is 6.97. The molecule has 2 aromatic carbocycles. The van der Waals surface area contributed by atoms with Crippen molar-refractivity contribution >= 4 is 43.5 Å². The SMILES string of the molecule is CCCCNC(=O)C(C)N(Cc1cccc(Br)c1)C(=O)CN(c1ccccc1OCC)S(C)(=O)=O. The van der Waals surface area contributed by atoms with E-state index in [1.807, 2.05) is 31.2 Å². The number of hydrogen-bond donors (Lipinski definition) is 1. The van der Waals surface area contributed by atoms with Gasteiger partial charge in [-0.25, -0.2) is 8.42 Å². The highest BCUT2D eigenvalue weighted by molar-refractivity contribution is 9.10. The van der Waals surface area contributed by atoms with Crippen LogP contribution in [0.15, 0.2) is 53.0 Å². The van der Waals surface area contributed by atoms with Crippen molar-refractivity contribution < 1.29 is 22.7 Å². The lowest BCUT2D eigenvalue weighted by atomic mass is 10.1. The summed E-state index contributed by atoms with van der Waals surface area (Å²) >= 11 is 3.43. The first-order chi connectivity index (χ1) is 16.6. The number of carbonyl (C=O) groups excluding carboxylic acids is 2. The molecule has 35 heavy (non-hydrogen) atoms. The Labute approximate surface area is 216 Å². The van der Waals surface area contributed by atoms with Crippen LogP contribution in [-0.2, 0) is 26.2 Å². The van der Waals surface area contributed by atoms with Gasteiger partial charge in [0.15, 0.2) is 0 Å². The number of rotatable bonds is 13. The molecule has 0 saturated heterocycles. The number of carbonyl (C=O) groups is 2. The Morgan fingerprint density at radius 3 is 2.46 bits per heavy atom. The van der Waals surface area contributed by atoms with Gasteiger partial charge in [-0.2, -0.15) is 0 Å². The molecule has 0 saturated carbocycles. The highest BCUT2D eigenvalue weighted by Gasteiger charge is 2.31. The predicted octanol–water partition coefficient (Wildman–Crippen LogP) is 3.95. The number of hydrogen-bond acceptors (Lipinski definition) is 5. The summed E-state index contributed by atoms with van der Waals surface area (Å²) in [6.07, 6.45) is 2.80. The zero-order valence-electron chi connectivity index (χ0n) is 20.7. The van der Waals surface area contributed by atoms with Gasteiger partial charge >= 0.3 is 0 Å². The first-order valence-corrected chi connectivity index (χ1v) is 14.2. The van der Waals surface area contributed by atoms with Gasteiger partial charge in [-0.1, -0.05) is 53.5 Å². The second kappa shape index (κ2) is 13.5.